The van der Waals surface area contributed by atoms with E-state index in [-0.39, 0.29) is 34.8 Å². The normalized spacial score (nSPS) is 23.6. The number of anilines is 1. The van der Waals surface area contributed by atoms with Crippen LogP contribution in [0.1, 0.15) is 117 Å². The summed E-state index contributed by atoms with van der Waals surface area (Å²) in [6, 6.07) is 12.8. The Bertz CT molecular complexity index is 2440. The first-order chi connectivity index (χ1) is 27.4. The topological polar surface area (TPSA) is 138 Å². The second-order valence-corrected chi connectivity index (χ2v) is 17.7. The zero-order valence-corrected chi connectivity index (χ0v) is 34.5. The lowest BCUT2D eigenvalue weighted by atomic mass is 9.67. The van der Waals surface area contributed by atoms with Crippen molar-refractivity contribution in [3.63, 3.8) is 0 Å². The standard InChI is InChI=1S/C45H48Cl2N6O4/c1-23(2)34-41-52-35(42-53-39(47)36(56-42)33-27-13-7-9-15-30(27)49-38(33)46)37(57-41)45(25(4)48-31-16-10-8-14-28(31)45)29-21-26(18-17-24(29)3)22-32(40(54)51-34)50-43(55)44(5)19-11-6-12-20-44/h8-10,14-18,21,23,25,32,34,48-49H,6-7,11-13,19-20,22H2,1-5H3,(H,50,55)(H,51,54)/t25?,32-,34-,45?/m0/s1. The number of para-hydroxylation sites is 1. The third kappa shape index (κ3) is 6.13. The van der Waals surface area contributed by atoms with Gasteiger partial charge in [0.25, 0.3) is 5.89 Å². The first kappa shape index (κ1) is 37.8. The van der Waals surface area contributed by atoms with Crippen molar-refractivity contribution in [3.8, 4) is 22.9 Å². The van der Waals surface area contributed by atoms with Gasteiger partial charge in [-0.25, -0.2) is 4.98 Å². The zero-order chi connectivity index (χ0) is 39.8. The Morgan fingerprint density at radius 1 is 1.02 bits per heavy atom. The van der Waals surface area contributed by atoms with E-state index < -0.39 is 22.9 Å². The Balaban J connectivity index is 1.26. The number of aromatic nitrogens is 3. The number of benzene rings is 2. The third-order valence-electron chi connectivity index (χ3n) is 12.9. The van der Waals surface area contributed by atoms with Crippen molar-refractivity contribution in [2.75, 3.05) is 5.32 Å². The molecule has 4 bridgehead atoms. The van der Waals surface area contributed by atoms with Crippen molar-refractivity contribution >= 4 is 46.8 Å². The molecule has 5 heterocycles. The van der Waals surface area contributed by atoms with Crippen LogP contribution in [0.25, 0.3) is 29.0 Å². The number of hydrogen-bond acceptors (Lipinski definition) is 7. The number of nitrogens with one attached hydrogen (secondary N) is 4. The van der Waals surface area contributed by atoms with Gasteiger partial charge in [0.1, 0.15) is 22.7 Å². The number of allylic oxidation sites excluding steroid dienone is 1. The van der Waals surface area contributed by atoms with Crippen molar-refractivity contribution in [1.29, 1.82) is 0 Å². The Hall–Kier alpha value is -4.80. The lowest BCUT2D eigenvalue weighted by molar-refractivity contribution is -0.136. The summed E-state index contributed by atoms with van der Waals surface area (Å²) in [5.41, 5.74) is 6.41. The van der Waals surface area contributed by atoms with E-state index in [2.05, 4.69) is 71.2 Å². The minimum Gasteiger partial charge on any atom is -0.441 e. The Kier molecular flexibility index (Phi) is 9.43. The number of hydrogen-bond donors (Lipinski definition) is 4. The maximum absolute atomic E-state index is 14.5. The molecule has 296 valence electrons. The van der Waals surface area contributed by atoms with E-state index >= 15 is 0 Å². The molecule has 10 nitrogen and oxygen atoms in total. The van der Waals surface area contributed by atoms with Gasteiger partial charge in [0.15, 0.2) is 22.4 Å². The number of halogens is 2. The molecule has 2 aliphatic heterocycles. The van der Waals surface area contributed by atoms with Crippen LogP contribution in [-0.2, 0) is 27.8 Å². The molecule has 5 aromatic rings. The van der Waals surface area contributed by atoms with Gasteiger partial charge in [-0.3, -0.25) is 9.59 Å². The molecule has 12 heteroatoms. The molecule has 4 N–H and O–H groups in total. The smallest absolute Gasteiger partial charge is 0.250 e. The van der Waals surface area contributed by atoms with E-state index in [9.17, 15) is 9.59 Å². The van der Waals surface area contributed by atoms with E-state index in [4.69, 9.17) is 42.0 Å². The number of carbonyl (C=O) groups excluding carboxylic acids is 2. The zero-order valence-electron chi connectivity index (χ0n) is 32.9. The van der Waals surface area contributed by atoms with Gasteiger partial charge >= 0.3 is 0 Å². The fraction of sp³-hybridized carbons (Fsp3) is 0.422. The van der Waals surface area contributed by atoms with Crippen LogP contribution >= 0.6 is 23.2 Å². The number of aromatic amines is 1. The van der Waals surface area contributed by atoms with E-state index in [1.165, 1.54) is 0 Å². The average Bonchev–Trinajstić information content (AvgIpc) is 3.95. The van der Waals surface area contributed by atoms with Crippen LogP contribution in [0.15, 0.2) is 57.4 Å². The van der Waals surface area contributed by atoms with Gasteiger partial charge in [-0.15, -0.1) is 0 Å². The van der Waals surface area contributed by atoms with E-state index in [0.717, 1.165) is 84.1 Å². The molecule has 2 aromatic carbocycles. The van der Waals surface area contributed by atoms with Crippen molar-refractivity contribution in [2.24, 2.45) is 11.3 Å². The molecule has 2 amide bonds. The molecule has 2 unspecified atom stereocenters. The van der Waals surface area contributed by atoms with Crippen LogP contribution in [0.4, 0.5) is 5.69 Å². The first-order valence-electron chi connectivity index (χ1n) is 20.2. The second kappa shape index (κ2) is 14.2. The number of rotatable bonds is 5. The Labute approximate surface area is 342 Å². The fourth-order valence-electron chi connectivity index (χ4n) is 9.70. The van der Waals surface area contributed by atoms with Gasteiger partial charge in [-0.1, -0.05) is 106 Å². The lowest BCUT2D eigenvalue weighted by Gasteiger charge is -2.36. The van der Waals surface area contributed by atoms with Crippen LogP contribution in [0.3, 0.4) is 0 Å². The molecule has 57 heavy (non-hydrogen) atoms. The van der Waals surface area contributed by atoms with Gasteiger partial charge in [0.2, 0.25) is 17.7 Å². The summed E-state index contributed by atoms with van der Waals surface area (Å²) in [6.45, 7) is 10.3. The minimum atomic E-state index is -0.937. The number of nitrogens with zero attached hydrogens (tertiary/aromatic N) is 2. The predicted octanol–water partition coefficient (Wildman–Crippen LogP) is 9.87. The van der Waals surface area contributed by atoms with Crippen LogP contribution in [0, 0.1) is 18.3 Å². The van der Waals surface area contributed by atoms with Gasteiger partial charge < -0.3 is 29.8 Å². The molecule has 1 saturated carbocycles. The monoisotopic (exact) mass is 806 g/mol. The van der Waals surface area contributed by atoms with Crippen molar-refractivity contribution < 1.29 is 18.4 Å². The molecule has 3 aromatic heterocycles. The number of H-pyrrole nitrogens is 1. The molecule has 4 aliphatic rings. The summed E-state index contributed by atoms with van der Waals surface area (Å²) in [5, 5.41) is 10.8. The van der Waals surface area contributed by atoms with Crippen molar-refractivity contribution in [1.82, 2.24) is 25.6 Å². The number of fused-ring (bicyclic) bond motifs is 9. The van der Waals surface area contributed by atoms with Crippen molar-refractivity contribution in [3.05, 3.63) is 104 Å². The molecule has 0 saturated heterocycles. The highest BCUT2D eigenvalue weighted by Crippen LogP contribution is 2.55. The molecular weight excluding hydrogens is 759 g/mol. The van der Waals surface area contributed by atoms with Gasteiger partial charge in [-0.2, -0.15) is 4.98 Å². The van der Waals surface area contributed by atoms with Crippen LogP contribution in [0.2, 0.25) is 10.3 Å². The van der Waals surface area contributed by atoms with Crippen LogP contribution in [-0.4, -0.2) is 38.8 Å². The summed E-state index contributed by atoms with van der Waals surface area (Å²) >= 11 is 13.8. The third-order valence-corrected chi connectivity index (χ3v) is 13.4. The fourth-order valence-corrected chi connectivity index (χ4v) is 10.2. The number of carbonyl (C=O) groups is 2. The highest BCUT2D eigenvalue weighted by Gasteiger charge is 2.54. The van der Waals surface area contributed by atoms with Gasteiger partial charge in [0, 0.05) is 29.3 Å². The van der Waals surface area contributed by atoms with Gasteiger partial charge in [-0.05, 0) is 85.4 Å². The first-order valence-corrected chi connectivity index (χ1v) is 21.0. The molecular formula is C45H48Cl2N6O4. The van der Waals surface area contributed by atoms with E-state index in [0.29, 0.717) is 40.2 Å². The number of oxazole rings is 2. The van der Waals surface area contributed by atoms with Crippen LogP contribution < -0.4 is 16.0 Å². The largest absolute Gasteiger partial charge is 0.441 e. The molecule has 9 rings (SSSR count). The molecule has 4 atom stereocenters. The maximum atomic E-state index is 14.5. The molecule has 0 radical (unpaired) electrons. The quantitative estimate of drug-likeness (QED) is 0.139. The predicted molar refractivity (Wildman–Crippen MR) is 222 cm³/mol. The lowest BCUT2D eigenvalue weighted by Crippen LogP contribution is -2.53. The number of amides is 2. The maximum Gasteiger partial charge on any atom is 0.250 e. The average molecular weight is 808 g/mol. The second-order valence-electron chi connectivity index (χ2n) is 17.0. The van der Waals surface area contributed by atoms with Gasteiger partial charge in [0.05, 0.1) is 5.56 Å². The summed E-state index contributed by atoms with van der Waals surface area (Å²) in [4.78, 5) is 41.9. The van der Waals surface area contributed by atoms with E-state index in [1.54, 1.807) is 0 Å². The summed E-state index contributed by atoms with van der Waals surface area (Å²) in [7, 11) is 0. The van der Waals surface area contributed by atoms with Crippen LogP contribution in [0.5, 0.6) is 0 Å². The Morgan fingerprint density at radius 3 is 2.60 bits per heavy atom. The summed E-state index contributed by atoms with van der Waals surface area (Å²) in [5.74, 6) is 0.817. The molecule has 2 aliphatic carbocycles. The Morgan fingerprint density at radius 2 is 1.81 bits per heavy atom. The highest BCUT2D eigenvalue weighted by molar-refractivity contribution is 6.35. The molecule has 1 spiro atoms. The minimum absolute atomic E-state index is 0.0843. The SMILES string of the molecule is Cc1ccc2cc1C1(c3ccccc3NC1C)c1oc(nc1-c1nc(Cl)c(-c3c(Cl)[nH]c4c3CCC=C4)o1)[C@H](C(C)C)NC(=O)[C@@H](NC(=O)C1(C)CCCCC1)C2. The summed E-state index contributed by atoms with van der Waals surface area (Å²) in [6.07, 6.45) is 10.8. The summed E-state index contributed by atoms with van der Waals surface area (Å²) < 4.78 is 13.8. The van der Waals surface area contributed by atoms with E-state index in [1.807, 2.05) is 39.0 Å². The van der Waals surface area contributed by atoms with Crippen molar-refractivity contribution in [2.45, 2.75) is 110 Å². The highest BCUT2D eigenvalue weighted by atomic mass is 35.5. The molecule has 1 fully saturated rings. The number of aryl methyl sites for hydroxylation is 1.